The molecule has 2 heterocycles. The lowest BCUT2D eigenvalue weighted by Gasteiger charge is -2.30. The van der Waals surface area contributed by atoms with Crippen LogP contribution in [-0.2, 0) is 9.53 Å². The maximum absolute atomic E-state index is 11.9. The highest BCUT2D eigenvalue weighted by atomic mass is 16.5. The van der Waals surface area contributed by atoms with E-state index in [-0.39, 0.29) is 13.0 Å². The molecule has 2 aliphatic heterocycles. The Morgan fingerprint density at radius 1 is 1.28 bits per heavy atom. The average molecular weight is 259 g/mol. The first-order valence-corrected chi connectivity index (χ1v) is 5.88. The zero-order chi connectivity index (χ0) is 13.1. The predicted octanol–water partition coefficient (Wildman–Crippen LogP) is -1.54. The van der Waals surface area contributed by atoms with Crippen molar-refractivity contribution in [1.29, 1.82) is 0 Å². The normalized spacial score (nSPS) is 29.3. The molecule has 3 N–H and O–H groups in total. The van der Waals surface area contributed by atoms with Gasteiger partial charge in [0, 0.05) is 26.1 Å². The largest absolute Gasteiger partial charge is 0.480 e. The maximum Gasteiger partial charge on any atom is 0.332 e. The Labute approximate surface area is 104 Å². The first-order chi connectivity index (χ1) is 8.58. The number of rotatable bonds is 2. The quantitative estimate of drug-likeness (QED) is 0.555. The van der Waals surface area contributed by atoms with Crippen molar-refractivity contribution < 1.29 is 24.5 Å². The number of nitrogens with one attached hydrogen (secondary N) is 1. The van der Waals surface area contributed by atoms with E-state index in [0.29, 0.717) is 26.3 Å². The van der Waals surface area contributed by atoms with E-state index in [2.05, 4.69) is 5.43 Å². The molecule has 0 radical (unpaired) electrons. The number of hydrazine groups is 1. The lowest BCUT2D eigenvalue weighted by atomic mass is 10.2. The van der Waals surface area contributed by atoms with Crippen LogP contribution in [0.2, 0.25) is 0 Å². The van der Waals surface area contributed by atoms with Crippen molar-refractivity contribution in [3.05, 3.63) is 0 Å². The number of amides is 2. The number of carbonyl (C=O) groups excluding carboxylic acids is 1. The van der Waals surface area contributed by atoms with Crippen LogP contribution < -0.4 is 5.43 Å². The van der Waals surface area contributed by atoms with Crippen LogP contribution in [0.5, 0.6) is 0 Å². The molecular weight excluding hydrogens is 242 g/mol. The third-order valence-electron chi connectivity index (χ3n) is 3.09. The number of carboxylic acids is 1. The van der Waals surface area contributed by atoms with Crippen LogP contribution in [0.4, 0.5) is 4.79 Å². The summed E-state index contributed by atoms with van der Waals surface area (Å²) in [5, 5.41) is 20.1. The Morgan fingerprint density at radius 2 is 1.94 bits per heavy atom. The van der Waals surface area contributed by atoms with E-state index in [4.69, 9.17) is 9.84 Å². The van der Waals surface area contributed by atoms with Crippen molar-refractivity contribution in [2.45, 2.75) is 18.6 Å². The molecule has 2 saturated heterocycles. The molecule has 0 aromatic heterocycles. The van der Waals surface area contributed by atoms with Gasteiger partial charge >= 0.3 is 12.0 Å². The first kappa shape index (κ1) is 13.1. The van der Waals surface area contributed by atoms with Gasteiger partial charge in [-0.3, -0.25) is 5.43 Å². The van der Waals surface area contributed by atoms with Crippen LogP contribution in [0.3, 0.4) is 0 Å². The molecule has 2 rings (SSSR count). The van der Waals surface area contributed by atoms with Gasteiger partial charge < -0.3 is 19.8 Å². The number of β-amino-alcohol motifs (C(OH)–C–C–N with tert-alkyl or cyclic N) is 1. The molecule has 1 unspecified atom stereocenters. The fraction of sp³-hybridized carbons (Fsp3) is 0.800. The van der Waals surface area contributed by atoms with Crippen molar-refractivity contribution in [3.63, 3.8) is 0 Å². The summed E-state index contributed by atoms with van der Waals surface area (Å²) >= 11 is 0. The van der Waals surface area contributed by atoms with E-state index < -0.39 is 24.1 Å². The summed E-state index contributed by atoms with van der Waals surface area (Å²) in [6.07, 6.45) is -0.701. The number of likely N-dealkylation sites (tertiary alicyclic amines) is 1. The SMILES string of the molecule is O=C(O)[C@@H]1CC(O)CN1C(=O)NN1CCOCC1. The molecule has 2 fully saturated rings. The molecule has 2 amide bonds. The number of morpholine rings is 1. The number of carbonyl (C=O) groups is 2. The predicted molar refractivity (Wildman–Crippen MR) is 59.7 cm³/mol. The van der Waals surface area contributed by atoms with Gasteiger partial charge in [0.1, 0.15) is 6.04 Å². The molecule has 0 spiro atoms. The summed E-state index contributed by atoms with van der Waals surface area (Å²) in [4.78, 5) is 24.1. The smallest absolute Gasteiger partial charge is 0.332 e. The van der Waals surface area contributed by atoms with E-state index in [0.717, 1.165) is 4.90 Å². The number of aliphatic hydroxyl groups is 1. The van der Waals surface area contributed by atoms with Crippen LogP contribution in [0.25, 0.3) is 0 Å². The van der Waals surface area contributed by atoms with E-state index in [1.54, 1.807) is 5.01 Å². The number of aliphatic hydroxyl groups excluding tert-OH is 1. The second-order valence-electron chi connectivity index (χ2n) is 4.41. The number of hydrogen-bond donors (Lipinski definition) is 3. The zero-order valence-electron chi connectivity index (χ0n) is 9.91. The van der Waals surface area contributed by atoms with Gasteiger partial charge in [0.25, 0.3) is 0 Å². The fourth-order valence-electron chi connectivity index (χ4n) is 2.15. The number of nitrogens with zero attached hydrogens (tertiary/aromatic N) is 2. The molecule has 0 saturated carbocycles. The molecule has 102 valence electrons. The maximum atomic E-state index is 11.9. The average Bonchev–Trinajstić information content (AvgIpc) is 2.73. The summed E-state index contributed by atoms with van der Waals surface area (Å²) < 4.78 is 5.14. The number of hydrogen-bond acceptors (Lipinski definition) is 5. The van der Waals surface area contributed by atoms with Crippen LogP contribution in [0, 0.1) is 0 Å². The second-order valence-corrected chi connectivity index (χ2v) is 4.41. The molecule has 0 bridgehead atoms. The Hall–Kier alpha value is -1.38. The van der Waals surface area contributed by atoms with Crippen molar-refractivity contribution in [2.75, 3.05) is 32.8 Å². The number of aliphatic carboxylic acids is 1. The van der Waals surface area contributed by atoms with Crippen molar-refractivity contribution >= 4 is 12.0 Å². The lowest BCUT2D eigenvalue weighted by molar-refractivity contribution is -0.141. The lowest BCUT2D eigenvalue weighted by Crippen LogP contribution is -2.54. The first-order valence-electron chi connectivity index (χ1n) is 5.88. The minimum absolute atomic E-state index is 0.0488. The highest BCUT2D eigenvalue weighted by Gasteiger charge is 2.39. The Morgan fingerprint density at radius 3 is 2.56 bits per heavy atom. The molecular formula is C10H17N3O5. The summed E-state index contributed by atoms with van der Waals surface area (Å²) in [7, 11) is 0. The molecule has 0 aliphatic carbocycles. The highest BCUT2D eigenvalue weighted by Crippen LogP contribution is 2.18. The van der Waals surface area contributed by atoms with E-state index in [9.17, 15) is 14.7 Å². The third-order valence-corrected chi connectivity index (χ3v) is 3.09. The van der Waals surface area contributed by atoms with Crippen molar-refractivity contribution in [3.8, 4) is 0 Å². The van der Waals surface area contributed by atoms with E-state index in [1.165, 1.54) is 0 Å². The Kier molecular flexibility index (Phi) is 4.00. The molecule has 8 heteroatoms. The summed E-state index contributed by atoms with van der Waals surface area (Å²) in [5.74, 6) is -1.09. The van der Waals surface area contributed by atoms with E-state index >= 15 is 0 Å². The Balaban J connectivity index is 1.92. The van der Waals surface area contributed by atoms with Gasteiger partial charge in [0.05, 0.1) is 19.3 Å². The van der Waals surface area contributed by atoms with Gasteiger partial charge in [0.15, 0.2) is 0 Å². The molecule has 2 aliphatic rings. The molecule has 8 nitrogen and oxygen atoms in total. The minimum Gasteiger partial charge on any atom is -0.480 e. The van der Waals surface area contributed by atoms with E-state index in [1.807, 2.05) is 0 Å². The van der Waals surface area contributed by atoms with Gasteiger partial charge in [-0.05, 0) is 0 Å². The molecule has 0 aromatic rings. The van der Waals surface area contributed by atoms with Gasteiger partial charge in [-0.2, -0.15) is 0 Å². The summed E-state index contributed by atoms with van der Waals surface area (Å²) in [6.45, 7) is 2.25. The van der Waals surface area contributed by atoms with Gasteiger partial charge in [0.2, 0.25) is 0 Å². The number of ether oxygens (including phenoxy) is 1. The zero-order valence-corrected chi connectivity index (χ0v) is 9.91. The highest BCUT2D eigenvalue weighted by molar-refractivity contribution is 5.83. The third kappa shape index (κ3) is 2.89. The van der Waals surface area contributed by atoms with Gasteiger partial charge in [-0.25, -0.2) is 14.6 Å². The standard InChI is InChI=1S/C10H17N3O5/c14-7-5-8(9(15)16)13(6-7)10(17)11-12-1-3-18-4-2-12/h7-8,14H,1-6H2,(H,11,17)(H,15,16)/t7?,8-/m0/s1. The van der Waals surface area contributed by atoms with Crippen molar-refractivity contribution in [1.82, 2.24) is 15.3 Å². The monoisotopic (exact) mass is 259 g/mol. The minimum atomic E-state index is -1.09. The number of carboxylic acid groups (broad SMARTS) is 1. The fourth-order valence-corrected chi connectivity index (χ4v) is 2.15. The molecule has 18 heavy (non-hydrogen) atoms. The summed E-state index contributed by atoms with van der Waals surface area (Å²) in [5.41, 5.74) is 2.63. The van der Waals surface area contributed by atoms with Crippen LogP contribution >= 0.6 is 0 Å². The van der Waals surface area contributed by atoms with Crippen molar-refractivity contribution in [2.24, 2.45) is 0 Å². The molecule has 2 atom stereocenters. The van der Waals surface area contributed by atoms with Gasteiger partial charge in [-0.1, -0.05) is 0 Å². The summed E-state index contributed by atoms with van der Waals surface area (Å²) in [6, 6.07) is -1.44. The second kappa shape index (κ2) is 5.51. The van der Waals surface area contributed by atoms with Gasteiger partial charge in [-0.15, -0.1) is 0 Å². The van der Waals surface area contributed by atoms with Crippen LogP contribution in [-0.4, -0.2) is 77.1 Å². The van der Waals surface area contributed by atoms with Crippen LogP contribution in [0.15, 0.2) is 0 Å². The topological polar surface area (TPSA) is 102 Å². The van der Waals surface area contributed by atoms with Crippen LogP contribution in [0.1, 0.15) is 6.42 Å². The molecule has 0 aromatic carbocycles. The Bertz CT molecular complexity index is 331. The number of urea groups is 1.